The van der Waals surface area contributed by atoms with Gasteiger partial charge in [0.1, 0.15) is 0 Å². The summed E-state index contributed by atoms with van der Waals surface area (Å²) in [6.07, 6.45) is 2.49. The molecule has 0 bridgehead atoms. The molecule has 1 aliphatic heterocycles. The van der Waals surface area contributed by atoms with Crippen molar-refractivity contribution in [3.05, 3.63) is 34.9 Å². The molecule has 1 aromatic rings. The Morgan fingerprint density at radius 1 is 1.33 bits per heavy atom. The first-order valence-corrected chi connectivity index (χ1v) is 6.72. The minimum absolute atomic E-state index is 0.277. The number of carboxylic acid groups (broad SMARTS) is 1. The van der Waals surface area contributed by atoms with Crippen molar-refractivity contribution >= 4 is 17.6 Å². The van der Waals surface area contributed by atoms with Gasteiger partial charge in [-0.15, -0.1) is 0 Å². The summed E-state index contributed by atoms with van der Waals surface area (Å²) in [5.41, 5.74) is 1.05. The van der Waals surface area contributed by atoms with Crippen molar-refractivity contribution in [3.63, 3.8) is 0 Å². The van der Waals surface area contributed by atoms with E-state index in [-0.39, 0.29) is 11.8 Å². The lowest BCUT2D eigenvalue weighted by Gasteiger charge is -2.28. The van der Waals surface area contributed by atoms with Crippen molar-refractivity contribution in [2.24, 2.45) is 11.8 Å². The van der Waals surface area contributed by atoms with Gasteiger partial charge in [0.15, 0.2) is 0 Å². The third kappa shape index (κ3) is 3.47. The van der Waals surface area contributed by atoms with E-state index in [1.165, 1.54) is 0 Å². The fraction of sp³-hybridized carbons (Fsp3) is 0.500. The van der Waals surface area contributed by atoms with Crippen LogP contribution in [0.4, 0.5) is 0 Å². The molecule has 1 unspecified atom stereocenters. The zero-order valence-corrected chi connectivity index (χ0v) is 11.0. The van der Waals surface area contributed by atoms with E-state index in [1.807, 2.05) is 24.3 Å². The van der Waals surface area contributed by atoms with Gasteiger partial charge in [-0.05, 0) is 56.0 Å². The van der Waals surface area contributed by atoms with Gasteiger partial charge in [-0.3, -0.25) is 4.79 Å². The Labute approximate surface area is 112 Å². The average Bonchev–Trinajstić information content (AvgIpc) is 2.38. The van der Waals surface area contributed by atoms with E-state index in [1.54, 1.807) is 0 Å². The molecule has 1 aromatic carbocycles. The fourth-order valence-electron chi connectivity index (χ4n) is 2.58. The van der Waals surface area contributed by atoms with Gasteiger partial charge in [0.05, 0.1) is 5.92 Å². The monoisotopic (exact) mass is 267 g/mol. The third-order valence-electron chi connectivity index (χ3n) is 3.64. The molecular weight excluding hydrogens is 250 g/mol. The number of carboxylic acids is 1. The number of hydrogen-bond acceptors (Lipinski definition) is 2. The molecule has 3 nitrogen and oxygen atoms in total. The largest absolute Gasteiger partial charge is 0.481 e. The van der Waals surface area contributed by atoms with Crippen molar-refractivity contribution in [3.8, 4) is 0 Å². The molecule has 2 N–H and O–H groups in total. The molecule has 0 amide bonds. The highest BCUT2D eigenvalue weighted by molar-refractivity contribution is 6.30. The first-order valence-electron chi connectivity index (χ1n) is 6.35. The minimum Gasteiger partial charge on any atom is -0.481 e. The molecule has 0 radical (unpaired) electrons. The Hall–Kier alpha value is -1.06. The number of carbonyl (C=O) groups is 1. The summed E-state index contributed by atoms with van der Waals surface area (Å²) in [4.78, 5) is 11.4. The molecule has 2 rings (SSSR count). The van der Waals surface area contributed by atoms with Gasteiger partial charge in [-0.1, -0.05) is 23.7 Å². The van der Waals surface area contributed by atoms with Gasteiger partial charge in [-0.2, -0.15) is 0 Å². The average molecular weight is 268 g/mol. The molecule has 1 heterocycles. The maximum Gasteiger partial charge on any atom is 0.307 e. The van der Waals surface area contributed by atoms with Crippen LogP contribution >= 0.6 is 11.6 Å². The van der Waals surface area contributed by atoms with Crippen LogP contribution in [-0.2, 0) is 11.2 Å². The molecule has 1 fully saturated rings. The zero-order chi connectivity index (χ0) is 13.0. The minimum atomic E-state index is -0.683. The summed E-state index contributed by atoms with van der Waals surface area (Å²) in [5, 5.41) is 13.4. The molecule has 1 aliphatic rings. The Bertz CT molecular complexity index is 399. The van der Waals surface area contributed by atoms with Crippen LogP contribution in [0.3, 0.4) is 0 Å². The van der Waals surface area contributed by atoms with Crippen LogP contribution in [0.25, 0.3) is 0 Å². The van der Waals surface area contributed by atoms with E-state index in [0.717, 1.165) is 31.5 Å². The molecule has 18 heavy (non-hydrogen) atoms. The van der Waals surface area contributed by atoms with Gasteiger partial charge in [0.2, 0.25) is 0 Å². The maximum absolute atomic E-state index is 11.4. The summed E-state index contributed by atoms with van der Waals surface area (Å²) in [5.74, 6) is -0.690. The second-order valence-electron chi connectivity index (χ2n) is 4.86. The molecule has 0 spiro atoms. The van der Waals surface area contributed by atoms with E-state index >= 15 is 0 Å². The molecule has 98 valence electrons. The number of rotatable bonds is 4. The maximum atomic E-state index is 11.4. The van der Waals surface area contributed by atoms with E-state index in [2.05, 4.69) is 5.32 Å². The summed E-state index contributed by atoms with van der Waals surface area (Å²) in [6.45, 7) is 1.85. The normalized spacial score (nSPS) is 18.5. The number of benzene rings is 1. The molecule has 0 saturated carbocycles. The quantitative estimate of drug-likeness (QED) is 0.882. The Kier molecular flexibility index (Phi) is 4.61. The predicted molar refractivity (Wildman–Crippen MR) is 71.9 cm³/mol. The van der Waals surface area contributed by atoms with Crippen molar-refractivity contribution in [1.82, 2.24) is 5.32 Å². The van der Waals surface area contributed by atoms with Crippen LogP contribution in [0.15, 0.2) is 24.3 Å². The van der Waals surface area contributed by atoms with Crippen molar-refractivity contribution < 1.29 is 9.90 Å². The van der Waals surface area contributed by atoms with Crippen molar-refractivity contribution in [1.29, 1.82) is 0 Å². The SMILES string of the molecule is O=C(O)C(Cc1ccc(Cl)cc1)C1CCNCC1. The molecule has 1 atom stereocenters. The number of nitrogens with one attached hydrogen (secondary N) is 1. The van der Waals surface area contributed by atoms with Crippen LogP contribution in [0.2, 0.25) is 5.02 Å². The van der Waals surface area contributed by atoms with E-state index in [0.29, 0.717) is 11.4 Å². The number of aliphatic carboxylic acids is 1. The highest BCUT2D eigenvalue weighted by Crippen LogP contribution is 2.26. The molecule has 1 saturated heterocycles. The molecule has 4 heteroatoms. The predicted octanol–water partition coefficient (Wildman–Crippen LogP) is 2.58. The molecule has 0 aromatic heterocycles. The van der Waals surface area contributed by atoms with E-state index in [4.69, 9.17) is 11.6 Å². The summed E-state index contributed by atoms with van der Waals surface area (Å²) in [7, 11) is 0. The van der Waals surface area contributed by atoms with Gasteiger partial charge >= 0.3 is 5.97 Å². The Balaban J connectivity index is 2.05. The highest BCUT2D eigenvalue weighted by atomic mass is 35.5. The van der Waals surface area contributed by atoms with Gasteiger partial charge in [0.25, 0.3) is 0 Å². The standard InChI is InChI=1S/C14H18ClNO2/c15-12-3-1-10(2-4-12)9-13(14(17)18)11-5-7-16-8-6-11/h1-4,11,13,16H,5-9H2,(H,17,18). The number of hydrogen-bond donors (Lipinski definition) is 2. The van der Waals surface area contributed by atoms with Crippen LogP contribution in [-0.4, -0.2) is 24.2 Å². The lowest BCUT2D eigenvalue weighted by atomic mass is 9.81. The summed E-state index contributed by atoms with van der Waals surface area (Å²) < 4.78 is 0. The van der Waals surface area contributed by atoms with Gasteiger partial charge < -0.3 is 10.4 Å². The number of halogens is 1. The lowest BCUT2D eigenvalue weighted by molar-refractivity contribution is -0.144. The van der Waals surface area contributed by atoms with Crippen LogP contribution < -0.4 is 5.32 Å². The lowest BCUT2D eigenvalue weighted by Crippen LogP contribution is -2.35. The van der Waals surface area contributed by atoms with Crippen LogP contribution in [0.5, 0.6) is 0 Å². The van der Waals surface area contributed by atoms with Gasteiger partial charge in [0, 0.05) is 5.02 Å². The van der Waals surface area contributed by atoms with E-state index < -0.39 is 5.97 Å². The zero-order valence-electron chi connectivity index (χ0n) is 10.2. The van der Waals surface area contributed by atoms with Gasteiger partial charge in [-0.25, -0.2) is 0 Å². The number of piperidine rings is 1. The van der Waals surface area contributed by atoms with E-state index in [9.17, 15) is 9.90 Å². The first-order chi connectivity index (χ1) is 8.66. The van der Waals surface area contributed by atoms with Crippen molar-refractivity contribution in [2.75, 3.05) is 13.1 Å². The third-order valence-corrected chi connectivity index (χ3v) is 3.89. The van der Waals surface area contributed by atoms with Crippen molar-refractivity contribution in [2.45, 2.75) is 19.3 Å². The van der Waals surface area contributed by atoms with Crippen LogP contribution in [0, 0.1) is 11.8 Å². The highest BCUT2D eigenvalue weighted by Gasteiger charge is 2.29. The first kappa shape index (κ1) is 13.4. The summed E-state index contributed by atoms with van der Waals surface area (Å²) >= 11 is 5.83. The smallest absolute Gasteiger partial charge is 0.307 e. The topological polar surface area (TPSA) is 49.3 Å². The second-order valence-corrected chi connectivity index (χ2v) is 5.30. The fourth-order valence-corrected chi connectivity index (χ4v) is 2.70. The summed E-state index contributed by atoms with van der Waals surface area (Å²) in [6, 6.07) is 7.47. The second kappa shape index (κ2) is 6.21. The van der Waals surface area contributed by atoms with Crippen LogP contribution in [0.1, 0.15) is 18.4 Å². The molecule has 0 aliphatic carbocycles. The molecular formula is C14H18ClNO2. The Morgan fingerprint density at radius 2 is 1.94 bits per heavy atom. The Morgan fingerprint density at radius 3 is 2.50 bits per heavy atom.